The molecule has 2 aromatic rings. The fraction of sp³-hybridized carbons (Fsp3) is 0.111. The molecule has 2 heterocycles. The highest BCUT2D eigenvalue weighted by Gasteiger charge is 2.25. The van der Waals surface area contributed by atoms with Crippen molar-refractivity contribution in [2.45, 2.75) is 12.1 Å². The smallest absolute Gasteiger partial charge is 0.624 e. The highest BCUT2D eigenvalue weighted by atomic mass is 27.2. The van der Waals surface area contributed by atoms with E-state index in [0.717, 1.165) is 16.7 Å². The first kappa shape index (κ1) is 14.4. The maximum absolute atomic E-state index is 5.96. The van der Waals surface area contributed by atoms with Gasteiger partial charge in [0.05, 0.1) is 6.10 Å². The van der Waals surface area contributed by atoms with Crippen LogP contribution in [0.3, 0.4) is 0 Å². The lowest BCUT2D eigenvalue weighted by atomic mass is 9.95. The summed E-state index contributed by atoms with van der Waals surface area (Å²) in [5, 5.41) is 1.06. The van der Waals surface area contributed by atoms with Crippen LogP contribution in [0.15, 0.2) is 77.5 Å². The molecule has 1 radical (unpaired) electrons. The number of pyridine rings is 1. The molecule has 23 heavy (non-hydrogen) atoms. The summed E-state index contributed by atoms with van der Waals surface area (Å²) in [7, 11) is 0. The third kappa shape index (κ3) is 3.00. The number of dihydropyridines is 1. The van der Waals surface area contributed by atoms with E-state index >= 15 is 0 Å². The monoisotopic (exact) mass is 317 g/mol. The Balaban J connectivity index is 1.44. The molecule has 0 spiro atoms. The van der Waals surface area contributed by atoms with Crippen LogP contribution in [-0.4, -0.2) is 39.2 Å². The quantitative estimate of drug-likeness (QED) is 0.814. The van der Waals surface area contributed by atoms with E-state index in [0.29, 0.717) is 0 Å². The Labute approximate surface area is 141 Å². The van der Waals surface area contributed by atoms with Gasteiger partial charge in [-0.15, -0.1) is 0 Å². The zero-order valence-electron chi connectivity index (χ0n) is 12.4. The van der Waals surface area contributed by atoms with Crippen LogP contribution in [0.5, 0.6) is 5.75 Å². The van der Waals surface area contributed by atoms with Gasteiger partial charge < -0.3 is 7.58 Å². The summed E-state index contributed by atoms with van der Waals surface area (Å²) < 4.78 is 11.8. The van der Waals surface area contributed by atoms with Gasteiger partial charge in [0.15, 0.2) is 0 Å². The molecule has 1 aliphatic heterocycles. The van der Waals surface area contributed by atoms with Gasteiger partial charge in [-0.3, -0.25) is 9.98 Å². The van der Waals surface area contributed by atoms with Gasteiger partial charge in [0, 0.05) is 17.8 Å². The molecule has 0 N–H and O–H groups in total. The van der Waals surface area contributed by atoms with Crippen molar-refractivity contribution < 1.29 is 7.58 Å². The first-order valence-corrected chi connectivity index (χ1v) is 8.42. The van der Waals surface area contributed by atoms with E-state index in [2.05, 4.69) is 22.1 Å². The average molecular weight is 317 g/mol. The average Bonchev–Trinajstić information content (AvgIpc) is 2.62. The molecule has 4 nitrogen and oxygen atoms in total. The number of para-hydroxylation sites is 1. The van der Waals surface area contributed by atoms with Crippen molar-refractivity contribution in [2.24, 2.45) is 4.99 Å². The minimum Gasteiger partial charge on any atom is -0.624 e. The van der Waals surface area contributed by atoms with Gasteiger partial charge in [-0.1, -0.05) is 42.5 Å². The highest BCUT2D eigenvalue weighted by molar-refractivity contribution is 6.20. The normalized spacial score (nSPS) is 21.8. The lowest BCUT2D eigenvalue weighted by molar-refractivity contribution is 0.213. The van der Waals surface area contributed by atoms with Crippen LogP contribution in [0.4, 0.5) is 0 Å². The fourth-order valence-corrected chi connectivity index (χ4v) is 3.44. The predicted molar refractivity (Wildman–Crippen MR) is 91.6 cm³/mol. The number of benzene rings is 1. The number of hydrogen-bond donors (Lipinski definition) is 0. The van der Waals surface area contributed by atoms with Gasteiger partial charge in [-0.05, 0) is 23.8 Å². The maximum Gasteiger partial charge on any atom is 0.774 e. The first-order chi connectivity index (χ1) is 11.4. The molecule has 5 heteroatoms. The Morgan fingerprint density at radius 3 is 3.04 bits per heavy atom. The van der Waals surface area contributed by atoms with Crippen LogP contribution >= 0.6 is 0 Å². The van der Waals surface area contributed by atoms with Crippen LogP contribution < -0.4 is 3.79 Å². The molecule has 1 aromatic heterocycles. The Morgan fingerprint density at radius 2 is 2.04 bits per heavy atom. The van der Waals surface area contributed by atoms with Gasteiger partial charge in [0.2, 0.25) is 0 Å². The molecule has 111 valence electrons. The fourth-order valence-electron chi connectivity index (χ4n) is 2.73. The Bertz CT molecular complexity index is 837. The summed E-state index contributed by atoms with van der Waals surface area (Å²) in [5.74, 6) is 0.765. The van der Waals surface area contributed by atoms with Gasteiger partial charge >= 0.3 is 15.9 Å². The summed E-state index contributed by atoms with van der Waals surface area (Å²) in [4.78, 5) is 8.89. The minimum absolute atomic E-state index is 0.0340. The van der Waals surface area contributed by atoms with E-state index in [4.69, 9.17) is 7.58 Å². The van der Waals surface area contributed by atoms with Crippen molar-refractivity contribution in [3.05, 3.63) is 72.5 Å². The molecule has 2 atom stereocenters. The van der Waals surface area contributed by atoms with E-state index < -0.39 is 15.9 Å². The molecule has 0 saturated carbocycles. The van der Waals surface area contributed by atoms with Crippen molar-refractivity contribution >= 4 is 33.0 Å². The molecule has 2 aliphatic rings. The maximum atomic E-state index is 5.96. The first-order valence-electron chi connectivity index (χ1n) is 7.47. The van der Waals surface area contributed by atoms with E-state index in [1.165, 1.54) is 5.57 Å². The molecular weight excluding hydrogens is 303 g/mol. The van der Waals surface area contributed by atoms with Gasteiger partial charge in [-0.2, -0.15) is 0 Å². The number of nitrogens with zero attached hydrogens (tertiary/aromatic N) is 2. The van der Waals surface area contributed by atoms with Gasteiger partial charge in [0.25, 0.3) is 0 Å². The molecule has 0 saturated heterocycles. The minimum atomic E-state index is -0.646. The molecule has 0 bridgehead atoms. The third-order valence-electron chi connectivity index (χ3n) is 3.85. The van der Waals surface area contributed by atoms with Crippen LogP contribution in [0.1, 0.15) is 0 Å². The Hall–Kier alpha value is -2.19. The largest absolute Gasteiger partial charge is 0.774 e. The zero-order valence-corrected chi connectivity index (χ0v) is 13.5. The summed E-state index contributed by atoms with van der Waals surface area (Å²) in [6.45, 7) is 0. The standard InChI is InChI=1S/C9H8NO.C9H7NO.Al/c2*11-8-5-1-3-7-4-2-6-10-9(7)8;/h1-6,8-9H;1-6,11H;/q-1;;+2/p-1. The molecule has 1 aliphatic carbocycles. The molecule has 0 amide bonds. The van der Waals surface area contributed by atoms with Crippen molar-refractivity contribution in [1.29, 1.82) is 0 Å². The van der Waals surface area contributed by atoms with E-state index in [-0.39, 0.29) is 12.1 Å². The number of allylic oxidation sites excluding steroid dienone is 3. The third-order valence-corrected chi connectivity index (χ3v) is 4.62. The molecular formula is C18H14AlN2O2. The number of fused-ring (bicyclic) bond motifs is 2. The summed E-state index contributed by atoms with van der Waals surface area (Å²) in [6, 6.07) is 9.90. The van der Waals surface area contributed by atoms with Gasteiger partial charge in [0.1, 0.15) is 17.3 Å². The number of aliphatic imine (C=N–C) groups is 1. The molecule has 4 rings (SSSR count). The topological polar surface area (TPSA) is 43.7 Å². The predicted octanol–water partition coefficient (Wildman–Crippen LogP) is 3.04. The van der Waals surface area contributed by atoms with Gasteiger partial charge in [-0.25, -0.2) is 0 Å². The van der Waals surface area contributed by atoms with E-state index in [1.54, 1.807) is 6.20 Å². The number of rotatable bonds is 4. The number of hydrogen-bond acceptors (Lipinski definition) is 4. The van der Waals surface area contributed by atoms with Crippen LogP contribution in [-0.2, 0) is 3.79 Å². The Kier molecular flexibility index (Phi) is 4.08. The zero-order chi connectivity index (χ0) is 15.5. The van der Waals surface area contributed by atoms with Crippen LogP contribution in [0, 0.1) is 0 Å². The molecule has 2 unspecified atom stereocenters. The van der Waals surface area contributed by atoms with Crippen LogP contribution in [0.2, 0.25) is 0 Å². The van der Waals surface area contributed by atoms with Crippen molar-refractivity contribution in [3.8, 4) is 5.75 Å². The van der Waals surface area contributed by atoms with Crippen molar-refractivity contribution in [2.75, 3.05) is 0 Å². The molecule has 1 aromatic carbocycles. The Morgan fingerprint density at radius 1 is 1.09 bits per heavy atom. The summed E-state index contributed by atoms with van der Waals surface area (Å²) in [5.41, 5.74) is 2.04. The highest BCUT2D eigenvalue weighted by Crippen LogP contribution is 2.25. The second kappa shape index (κ2) is 6.51. The lowest BCUT2D eigenvalue weighted by Gasteiger charge is -2.27. The van der Waals surface area contributed by atoms with E-state index in [1.807, 2.05) is 54.8 Å². The second-order valence-electron chi connectivity index (χ2n) is 5.30. The number of aromatic nitrogens is 1. The summed E-state index contributed by atoms with van der Waals surface area (Å²) in [6.07, 6.45) is 13.7. The lowest BCUT2D eigenvalue weighted by Crippen LogP contribution is -2.32. The van der Waals surface area contributed by atoms with Crippen LogP contribution in [0.25, 0.3) is 10.9 Å². The summed E-state index contributed by atoms with van der Waals surface area (Å²) >= 11 is -0.646. The SMILES string of the molecule is C1=CC2=CC=CC([O][Al][O]c3cccc4cccnc34)C2N=C1. The molecule has 0 fully saturated rings. The van der Waals surface area contributed by atoms with E-state index in [9.17, 15) is 0 Å². The second-order valence-corrected chi connectivity index (χ2v) is 6.00. The van der Waals surface area contributed by atoms with Crippen molar-refractivity contribution in [3.63, 3.8) is 0 Å². The van der Waals surface area contributed by atoms with Crippen molar-refractivity contribution in [1.82, 2.24) is 4.98 Å².